The van der Waals surface area contributed by atoms with Crippen molar-refractivity contribution in [3.63, 3.8) is 0 Å². The predicted octanol–water partition coefficient (Wildman–Crippen LogP) is 6.49. The molecule has 0 aromatic heterocycles. The number of allylic oxidation sites excluding steroid dienone is 2. The van der Waals surface area contributed by atoms with E-state index in [2.05, 4.69) is 85.8 Å². The van der Waals surface area contributed by atoms with E-state index in [0.29, 0.717) is 10.5 Å². The van der Waals surface area contributed by atoms with Gasteiger partial charge in [-0.1, -0.05) is 78.5 Å². The van der Waals surface area contributed by atoms with Crippen molar-refractivity contribution in [2.45, 2.75) is 28.7 Å². The van der Waals surface area contributed by atoms with Crippen LogP contribution in [0.2, 0.25) is 0 Å². The first-order chi connectivity index (χ1) is 10.8. The minimum absolute atomic E-state index is 0.535. The van der Waals surface area contributed by atoms with E-state index in [9.17, 15) is 0 Å². The largest absolute Gasteiger partial charge is 0.146 e. The Hall–Kier alpha value is -1.38. The van der Waals surface area contributed by atoms with Gasteiger partial charge >= 0.3 is 0 Å². The molecular weight excluding hydrogens is 304 g/mol. The molecule has 3 rings (SSSR count). The molecule has 0 N–H and O–H groups in total. The van der Waals surface area contributed by atoms with E-state index in [1.165, 1.54) is 15.4 Å². The van der Waals surface area contributed by atoms with Gasteiger partial charge in [0.1, 0.15) is 0 Å². The molecule has 0 spiro atoms. The molecule has 0 bridgehead atoms. The predicted molar refractivity (Wildman–Crippen MR) is 100 cm³/mol. The van der Waals surface area contributed by atoms with E-state index >= 15 is 0 Å². The van der Waals surface area contributed by atoms with Crippen LogP contribution in [0.25, 0.3) is 0 Å². The van der Waals surface area contributed by atoms with E-state index in [1.807, 2.05) is 23.5 Å². The van der Waals surface area contributed by atoms with Gasteiger partial charge in [0.05, 0.1) is 0 Å². The van der Waals surface area contributed by atoms with E-state index in [4.69, 9.17) is 0 Å². The van der Waals surface area contributed by atoms with E-state index in [1.54, 1.807) is 0 Å². The number of benzene rings is 2. The Morgan fingerprint density at radius 1 is 0.955 bits per heavy atom. The van der Waals surface area contributed by atoms with Crippen LogP contribution in [-0.2, 0) is 0 Å². The first-order valence-electron chi connectivity index (χ1n) is 7.63. The van der Waals surface area contributed by atoms with Crippen LogP contribution in [-0.4, -0.2) is 5.25 Å². The van der Waals surface area contributed by atoms with Gasteiger partial charge in [-0.05, 0) is 31.0 Å². The second kappa shape index (κ2) is 7.75. The molecule has 0 fully saturated rings. The number of hydrogen-bond acceptors (Lipinski definition) is 2. The molecule has 0 saturated carbocycles. The first kappa shape index (κ1) is 15.5. The molecule has 1 aliphatic rings. The summed E-state index contributed by atoms with van der Waals surface area (Å²) in [7, 11) is 0. The molecule has 0 amide bonds. The maximum Gasteiger partial charge on any atom is 0.0275 e. The quantitative estimate of drug-likeness (QED) is 0.617. The summed E-state index contributed by atoms with van der Waals surface area (Å²) in [6.07, 6.45) is 8.12. The second-order valence-corrected chi connectivity index (χ2v) is 8.08. The smallest absolute Gasteiger partial charge is 0.0275 e. The van der Waals surface area contributed by atoms with Crippen molar-refractivity contribution in [1.29, 1.82) is 0 Å². The Bertz CT molecular complexity index is 644. The minimum Gasteiger partial charge on any atom is -0.146 e. The molecule has 2 heteroatoms. The second-order valence-electron chi connectivity index (χ2n) is 5.34. The Kier molecular flexibility index (Phi) is 5.47. The van der Waals surface area contributed by atoms with Crippen LogP contribution in [0.5, 0.6) is 0 Å². The normalized spacial score (nSPS) is 18.8. The van der Waals surface area contributed by atoms with Gasteiger partial charge in [0, 0.05) is 20.3 Å². The third-order valence-corrected chi connectivity index (χ3v) is 6.08. The minimum atomic E-state index is 0.535. The maximum atomic E-state index is 2.37. The average Bonchev–Trinajstić information content (AvgIpc) is 2.58. The van der Waals surface area contributed by atoms with Gasteiger partial charge in [0.15, 0.2) is 0 Å². The number of rotatable bonds is 5. The molecule has 1 aliphatic carbocycles. The van der Waals surface area contributed by atoms with Gasteiger partial charge in [-0.3, -0.25) is 0 Å². The molecule has 2 aromatic carbocycles. The van der Waals surface area contributed by atoms with Gasteiger partial charge in [0.2, 0.25) is 0 Å². The molecule has 0 nitrogen and oxygen atoms in total. The molecule has 112 valence electrons. The highest BCUT2D eigenvalue weighted by Crippen LogP contribution is 2.37. The molecule has 22 heavy (non-hydrogen) atoms. The molecule has 0 radical (unpaired) electrons. The fraction of sp³-hybridized carbons (Fsp3) is 0.200. The summed E-state index contributed by atoms with van der Waals surface area (Å²) < 4.78 is 0. The van der Waals surface area contributed by atoms with E-state index in [0.717, 1.165) is 6.42 Å². The summed E-state index contributed by atoms with van der Waals surface area (Å²) >= 11 is 3.89. The standard InChI is InChI=1S/C20H20S2/c1-16(17-8-4-2-5-9-17)21-19-12-14-20(15-13-19)22-18-10-6-3-7-11-18/h2-12,14-16,19H,13H2,1H3. The van der Waals surface area contributed by atoms with Crippen molar-refractivity contribution in [3.05, 3.63) is 89.4 Å². The lowest BCUT2D eigenvalue weighted by Gasteiger charge is -2.20. The topological polar surface area (TPSA) is 0 Å². The summed E-state index contributed by atoms with van der Waals surface area (Å²) in [6.45, 7) is 2.30. The molecular formula is C20H20S2. The van der Waals surface area contributed by atoms with Gasteiger partial charge < -0.3 is 0 Å². The third kappa shape index (κ3) is 4.31. The average molecular weight is 325 g/mol. The zero-order valence-corrected chi connectivity index (χ0v) is 14.3. The Morgan fingerprint density at radius 2 is 1.64 bits per heavy atom. The van der Waals surface area contributed by atoms with Crippen LogP contribution in [0, 0.1) is 0 Å². The van der Waals surface area contributed by atoms with Crippen molar-refractivity contribution in [2.75, 3.05) is 0 Å². The van der Waals surface area contributed by atoms with Crippen LogP contribution in [0.1, 0.15) is 24.2 Å². The fourth-order valence-electron chi connectivity index (χ4n) is 2.45. The monoisotopic (exact) mass is 324 g/mol. The number of thioether (sulfide) groups is 2. The maximum absolute atomic E-state index is 2.37. The lowest BCUT2D eigenvalue weighted by atomic mass is 10.2. The van der Waals surface area contributed by atoms with Crippen molar-refractivity contribution >= 4 is 23.5 Å². The molecule has 0 heterocycles. The molecule has 2 unspecified atom stereocenters. The van der Waals surface area contributed by atoms with Crippen LogP contribution < -0.4 is 0 Å². The fourth-order valence-corrected chi connectivity index (χ4v) is 4.55. The van der Waals surface area contributed by atoms with Crippen molar-refractivity contribution in [3.8, 4) is 0 Å². The van der Waals surface area contributed by atoms with E-state index < -0.39 is 0 Å². The summed E-state index contributed by atoms with van der Waals surface area (Å²) in [5, 5.41) is 1.11. The lowest BCUT2D eigenvalue weighted by molar-refractivity contribution is 1.02. The van der Waals surface area contributed by atoms with Gasteiger partial charge in [-0.25, -0.2) is 0 Å². The Balaban J connectivity index is 1.54. The van der Waals surface area contributed by atoms with Crippen LogP contribution >= 0.6 is 23.5 Å². The van der Waals surface area contributed by atoms with E-state index in [-0.39, 0.29) is 0 Å². The summed E-state index contributed by atoms with van der Waals surface area (Å²) in [6, 6.07) is 21.3. The Morgan fingerprint density at radius 3 is 2.27 bits per heavy atom. The third-order valence-electron chi connectivity index (χ3n) is 3.65. The SMILES string of the molecule is CC(SC1C=CC(Sc2ccccc2)=CC1)c1ccccc1. The summed E-state index contributed by atoms with van der Waals surface area (Å²) in [5.41, 5.74) is 1.41. The van der Waals surface area contributed by atoms with Crippen molar-refractivity contribution in [1.82, 2.24) is 0 Å². The zero-order valence-electron chi connectivity index (χ0n) is 12.7. The molecule has 2 aromatic rings. The van der Waals surface area contributed by atoms with Crippen LogP contribution in [0.3, 0.4) is 0 Å². The summed E-state index contributed by atoms with van der Waals surface area (Å²) in [5.74, 6) is 0. The van der Waals surface area contributed by atoms with Gasteiger partial charge in [-0.2, -0.15) is 0 Å². The highest BCUT2D eigenvalue weighted by Gasteiger charge is 2.14. The molecule has 0 aliphatic heterocycles. The number of hydrogen-bond donors (Lipinski definition) is 0. The lowest BCUT2D eigenvalue weighted by Crippen LogP contribution is -2.03. The summed E-state index contributed by atoms with van der Waals surface area (Å²) in [4.78, 5) is 2.66. The first-order valence-corrected chi connectivity index (χ1v) is 9.39. The van der Waals surface area contributed by atoms with Crippen LogP contribution in [0.4, 0.5) is 0 Å². The highest BCUT2D eigenvalue weighted by molar-refractivity contribution is 8.03. The molecule has 0 saturated heterocycles. The Labute approximate surface area is 141 Å². The van der Waals surface area contributed by atoms with Crippen molar-refractivity contribution < 1.29 is 0 Å². The van der Waals surface area contributed by atoms with Gasteiger partial charge in [0.25, 0.3) is 0 Å². The molecule has 2 atom stereocenters. The zero-order chi connectivity index (χ0) is 15.2. The van der Waals surface area contributed by atoms with Gasteiger partial charge in [-0.15, -0.1) is 11.8 Å². The van der Waals surface area contributed by atoms with Crippen LogP contribution in [0.15, 0.2) is 88.7 Å². The van der Waals surface area contributed by atoms with Crippen molar-refractivity contribution in [2.24, 2.45) is 0 Å². The highest BCUT2D eigenvalue weighted by atomic mass is 32.2.